The number of benzene rings is 2. The zero-order valence-electron chi connectivity index (χ0n) is 13.0. The molecule has 1 unspecified atom stereocenters. The molecule has 1 N–H and O–H groups in total. The number of thioether (sulfide) groups is 1. The van der Waals surface area contributed by atoms with Crippen LogP contribution in [0, 0.1) is 0 Å². The molecule has 0 saturated heterocycles. The maximum atomic E-state index is 12.4. The van der Waals surface area contributed by atoms with Crippen LogP contribution in [0.25, 0.3) is 0 Å². The third kappa shape index (κ3) is 4.05. The fourth-order valence-corrected chi connectivity index (χ4v) is 2.85. The molecule has 0 bridgehead atoms. The van der Waals surface area contributed by atoms with Crippen molar-refractivity contribution in [3.05, 3.63) is 64.2 Å². The van der Waals surface area contributed by atoms with Crippen LogP contribution in [0.2, 0.25) is 5.02 Å². The predicted molar refractivity (Wildman–Crippen MR) is 94.9 cm³/mol. The zero-order valence-corrected chi connectivity index (χ0v) is 14.6. The Bertz CT molecular complexity index is 655. The summed E-state index contributed by atoms with van der Waals surface area (Å²) in [7, 11) is 0. The summed E-state index contributed by atoms with van der Waals surface area (Å²) in [4.78, 5) is 13.5. The van der Waals surface area contributed by atoms with E-state index in [4.69, 9.17) is 11.6 Å². The Kier molecular flexibility index (Phi) is 5.92. The SMILES string of the molecule is CCc1ccc(C(C)NC(=O)c2cc(SC)ccc2Cl)cc1. The average Bonchev–Trinajstić information content (AvgIpc) is 2.55. The van der Waals surface area contributed by atoms with Gasteiger partial charge in [0.15, 0.2) is 0 Å². The maximum absolute atomic E-state index is 12.4. The van der Waals surface area contributed by atoms with Crippen LogP contribution in [-0.4, -0.2) is 12.2 Å². The normalized spacial score (nSPS) is 12.0. The first kappa shape index (κ1) is 16.9. The summed E-state index contributed by atoms with van der Waals surface area (Å²) in [5, 5.41) is 3.49. The van der Waals surface area contributed by atoms with Gasteiger partial charge in [0.25, 0.3) is 5.91 Å². The summed E-state index contributed by atoms with van der Waals surface area (Å²) >= 11 is 7.74. The molecule has 2 aromatic rings. The van der Waals surface area contributed by atoms with Crippen LogP contribution < -0.4 is 5.32 Å². The molecule has 0 spiro atoms. The van der Waals surface area contributed by atoms with Crippen LogP contribution in [0.15, 0.2) is 47.4 Å². The van der Waals surface area contributed by atoms with Crippen molar-refractivity contribution in [1.29, 1.82) is 0 Å². The van der Waals surface area contributed by atoms with E-state index in [0.717, 1.165) is 16.9 Å². The van der Waals surface area contributed by atoms with Crippen molar-refractivity contribution in [3.8, 4) is 0 Å². The van der Waals surface area contributed by atoms with Crippen LogP contribution in [0.5, 0.6) is 0 Å². The summed E-state index contributed by atoms with van der Waals surface area (Å²) < 4.78 is 0. The Hall–Kier alpha value is -1.45. The Balaban J connectivity index is 2.13. The molecule has 0 fully saturated rings. The van der Waals surface area contributed by atoms with Crippen LogP contribution in [0.3, 0.4) is 0 Å². The van der Waals surface area contributed by atoms with Gasteiger partial charge in [0.05, 0.1) is 16.6 Å². The summed E-state index contributed by atoms with van der Waals surface area (Å²) in [6, 6.07) is 13.8. The highest BCUT2D eigenvalue weighted by Gasteiger charge is 2.15. The minimum Gasteiger partial charge on any atom is -0.345 e. The first-order valence-electron chi connectivity index (χ1n) is 7.28. The fourth-order valence-electron chi connectivity index (χ4n) is 2.21. The smallest absolute Gasteiger partial charge is 0.253 e. The Morgan fingerprint density at radius 2 is 1.91 bits per heavy atom. The molecule has 0 radical (unpaired) electrons. The van der Waals surface area contributed by atoms with E-state index in [0.29, 0.717) is 10.6 Å². The summed E-state index contributed by atoms with van der Waals surface area (Å²) in [5.74, 6) is -0.145. The van der Waals surface area contributed by atoms with Crippen molar-refractivity contribution in [2.24, 2.45) is 0 Å². The van der Waals surface area contributed by atoms with Gasteiger partial charge in [-0.15, -0.1) is 11.8 Å². The van der Waals surface area contributed by atoms with Gasteiger partial charge in [0.2, 0.25) is 0 Å². The van der Waals surface area contributed by atoms with E-state index in [2.05, 4.69) is 36.5 Å². The highest BCUT2D eigenvalue weighted by Crippen LogP contribution is 2.24. The van der Waals surface area contributed by atoms with Gasteiger partial charge in [0.1, 0.15) is 0 Å². The summed E-state index contributed by atoms with van der Waals surface area (Å²) in [6.07, 6.45) is 2.99. The molecule has 0 aliphatic rings. The zero-order chi connectivity index (χ0) is 16.1. The highest BCUT2D eigenvalue weighted by atomic mass is 35.5. The van der Waals surface area contributed by atoms with Gasteiger partial charge in [0, 0.05) is 4.90 Å². The van der Waals surface area contributed by atoms with Gasteiger partial charge in [-0.1, -0.05) is 42.8 Å². The van der Waals surface area contributed by atoms with Crippen LogP contribution in [0.1, 0.15) is 41.4 Å². The van der Waals surface area contributed by atoms with Crippen molar-refractivity contribution >= 4 is 29.3 Å². The van der Waals surface area contributed by atoms with Crippen molar-refractivity contribution in [2.45, 2.75) is 31.2 Å². The van der Waals surface area contributed by atoms with E-state index in [1.807, 2.05) is 25.3 Å². The standard InChI is InChI=1S/C18H20ClNOS/c1-4-13-5-7-14(8-6-13)12(2)20-18(21)16-11-15(22-3)9-10-17(16)19/h5-12H,4H2,1-3H3,(H,20,21). The third-order valence-corrected chi connectivity index (χ3v) is 4.71. The van der Waals surface area contributed by atoms with Crippen molar-refractivity contribution in [2.75, 3.05) is 6.26 Å². The van der Waals surface area contributed by atoms with Crippen molar-refractivity contribution in [3.63, 3.8) is 0 Å². The molecule has 0 aliphatic heterocycles. The molecule has 0 heterocycles. The van der Waals surface area contributed by atoms with Crippen LogP contribution >= 0.6 is 23.4 Å². The van der Waals surface area contributed by atoms with E-state index in [1.54, 1.807) is 17.8 Å². The minimum atomic E-state index is -0.145. The van der Waals surface area contributed by atoms with Gasteiger partial charge in [-0.2, -0.15) is 0 Å². The van der Waals surface area contributed by atoms with E-state index >= 15 is 0 Å². The number of hydrogen-bond donors (Lipinski definition) is 1. The lowest BCUT2D eigenvalue weighted by Gasteiger charge is -2.16. The van der Waals surface area contributed by atoms with E-state index < -0.39 is 0 Å². The lowest BCUT2D eigenvalue weighted by atomic mass is 10.0. The second-order valence-electron chi connectivity index (χ2n) is 5.14. The number of nitrogens with one attached hydrogen (secondary N) is 1. The van der Waals surface area contributed by atoms with Crippen LogP contribution in [0.4, 0.5) is 0 Å². The Labute approximate surface area is 141 Å². The second kappa shape index (κ2) is 7.70. The first-order valence-corrected chi connectivity index (χ1v) is 8.88. The Morgan fingerprint density at radius 1 is 1.23 bits per heavy atom. The molecule has 1 amide bonds. The van der Waals surface area contributed by atoms with Crippen molar-refractivity contribution in [1.82, 2.24) is 5.32 Å². The minimum absolute atomic E-state index is 0.0626. The summed E-state index contributed by atoms with van der Waals surface area (Å²) in [6.45, 7) is 4.10. The molecule has 2 nitrogen and oxygen atoms in total. The number of rotatable bonds is 5. The van der Waals surface area contributed by atoms with Crippen LogP contribution in [-0.2, 0) is 6.42 Å². The number of carbonyl (C=O) groups is 1. The number of halogens is 1. The molecule has 1 atom stereocenters. The molecule has 2 rings (SSSR count). The molecule has 2 aromatic carbocycles. The van der Waals surface area contributed by atoms with Gasteiger partial charge < -0.3 is 5.32 Å². The largest absolute Gasteiger partial charge is 0.345 e. The van der Waals surface area contributed by atoms with Gasteiger partial charge in [-0.25, -0.2) is 0 Å². The molecule has 0 aromatic heterocycles. The monoisotopic (exact) mass is 333 g/mol. The third-order valence-electron chi connectivity index (χ3n) is 3.65. The first-order chi connectivity index (χ1) is 10.5. The average molecular weight is 334 g/mol. The number of aryl methyl sites for hydroxylation is 1. The molecule has 116 valence electrons. The highest BCUT2D eigenvalue weighted by molar-refractivity contribution is 7.98. The fraction of sp³-hybridized carbons (Fsp3) is 0.278. The predicted octanol–water partition coefficient (Wildman–Crippen LogP) is 5.12. The van der Waals surface area contributed by atoms with E-state index in [-0.39, 0.29) is 11.9 Å². The number of hydrogen-bond acceptors (Lipinski definition) is 2. The second-order valence-corrected chi connectivity index (χ2v) is 6.42. The molecule has 0 aliphatic carbocycles. The van der Waals surface area contributed by atoms with E-state index in [1.165, 1.54) is 5.56 Å². The molecule has 22 heavy (non-hydrogen) atoms. The molecule has 0 saturated carbocycles. The maximum Gasteiger partial charge on any atom is 0.253 e. The van der Waals surface area contributed by atoms with Gasteiger partial charge in [-0.05, 0) is 48.9 Å². The quantitative estimate of drug-likeness (QED) is 0.770. The molecular weight excluding hydrogens is 314 g/mol. The Morgan fingerprint density at radius 3 is 2.50 bits per heavy atom. The topological polar surface area (TPSA) is 29.1 Å². The number of amides is 1. The van der Waals surface area contributed by atoms with Gasteiger partial charge >= 0.3 is 0 Å². The molecule has 4 heteroatoms. The van der Waals surface area contributed by atoms with Crippen molar-refractivity contribution < 1.29 is 4.79 Å². The van der Waals surface area contributed by atoms with E-state index in [9.17, 15) is 4.79 Å². The lowest BCUT2D eigenvalue weighted by molar-refractivity contribution is 0.0940. The summed E-state index contributed by atoms with van der Waals surface area (Å²) in [5.41, 5.74) is 2.89. The van der Waals surface area contributed by atoms with Gasteiger partial charge in [-0.3, -0.25) is 4.79 Å². The number of carbonyl (C=O) groups excluding carboxylic acids is 1. The lowest BCUT2D eigenvalue weighted by Crippen LogP contribution is -2.26. The molecular formula is C18H20ClNOS.